The molecule has 10 heteroatoms. The highest BCUT2D eigenvalue weighted by Gasteiger charge is 2.54. The molecular weight excluding hydrogens is 534 g/mol. The van der Waals surface area contributed by atoms with Gasteiger partial charge in [0.15, 0.2) is 0 Å². The summed E-state index contributed by atoms with van der Waals surface area (Å²) in [6.07, 6.45) is 6.59. The molecule has 228 valence electrons. The molecule has 1 spiro atoms. The third-order valence-electron chi connectivity index (χ3n) is 10.6. The van der Waals surface area contributed by atoms with E-state index < -0.39 is 17.6 Å². The van der Waals surface area contributed by atoms with Gasteiger partial charge in [-0.3, -0.25) is 9.59 Å². The van der Waals surface area contributed by atoms with E-state index in [1.807, 2.05) is 35.2 Å². The molecule has 2 aliphatic heterocycles. The van der Waals surface area contributed by atoms with Crippen molar-refractivity contribution in [2.24, 2.45) is 35.5 Å². The number of amides is 4. The standard InChI is InChI=1S/C32H45N5O5/c1-20(2)18-36-19-37(25-6-4-3-5-7-25)32(30(36)41)8-10-35(11-9-32)31(42)33-17-26(29(39)40)34-28(38)27-23-13-21-12-22(15-23)16-24(27)14-21/h3-7,20-24,26-27H,8-19H2,1-2H3,(H,33,42)(H,34,38)(H,39,40). The Morgan fingerprint density at radius 1 is 0.976 bits per heavy atom. The minimum Gasteiger partial charge on any atom is -0.480 e. The number of benzene rings is 1. The SMILES string of the molecule is CC(C)CN1CN(c2ccccc2)C2(CCN(C(=O)NCC(NC(=O)C3C4CC5CC(C4)CC3C5)C(=O)O)CC2)C1=O. The molecule has 4 saturated carbocycles. The van der Waals surface area contributed by atoms with E-state index in [1.165, 1.54) is 6.42 Å². The highest BCUT2D eigenvalue weighted by Crippen LogP contribution is 2.56. The Morgan fingerprint density at radius 2 is 1.60 bits per heavy atom. The summed E-state index contributed by atoms with van der Waals surface area (Å²) in [4.78, 5) is 58.0. The van der Waals surface area contributed by atoms with Gasteiger partial charge in [0.05, 0.1) is 13.2 Å². The molecule has 6 aliphatic rings. The van der Waals surface area contributed by atoms with Gasteiger partial charge < -0.3 is 30.4 Å². The number of aliphatic carboxylic acids is 1. The summed E-state index contributed by atoms with van der Waals surface area (Å²) in [5.74, 6) is 1.20. The van der Waals surface area contributed by atoms with Crippen LogP contribution >= 0.6 is 0 Å². The number of piperidine rings is 1. The maximum atomic E-state index is 13.8. The molecule has 2 saturated heterocycles. The van der Waals surface area contributed by atoms with Gasteiger partial charge in [-0.25, -0.2) is 9.59 Å². The summed E-state index contributed by atoms with van der Waals surface area (Å²) in [5, 5.41) is 15.4. The van der Waals surface area contributed by atoms with Crippen molar-refractivity contribution in [3.8, 4) is 0 Å². The molecule has 1 atom stereocenters. The number of urea groups is 1. The van der Waals surface area contributed by atoms with Gasteiger partial charge in [0.2, 0.25) is 11.8 Å². The topological polar surface area (TPSA) is 122 Å². The normalized spacial score (nSPS) is 30.2. The second kappa shape index (κ2) is 11.4. The first-order chi connectivity index (χ1) is 20.1. The first-order valence-corrected chi connectivity index (χ1v) is 15.8. The zero-order chi connectivity index (χ0) is 29.6. The number of rotatable bonds is 8. The van der Waals surface area contributed by atoms with Gasteiger partial charge in [-0.1, -0.05) is 32.0 Å². The van der Waals surface area contributed by atoms with E-state index in [-0.39, 0.29) is 30.3 Å². The van der Waals surface area contributed by atoms with Gasteiger partial charge in [-0.2, -0.15) is 0 Å². The van der Waals surface area contributed by atoms with Crippen molar-refractivity contribution >= 4 is 29.5 Å². The molecule has 3 N–H and O–H groups in total. The second-order valence-corrected chi connectivity index (χ2v) is 13.9. The fourth-order valence-electron chi connectivity index (χ4n) is 8.98. The van der Waals surface area contributed by atoms with Crippen molar-refractivity contribution in [3.05, 3.63) is 30.3 Å². The average molecular weight is 580 g/mol. The van der Waals surface area contributed by atoms with Crippen molar-refractivity contribution in [3.63, 3.8) is 0 Å². The molecule has 1 aromatic rings. The fraction of sp³-hybridized carbons (Fsp3) is 0.688. The van der Waals surface area contributed by atoms with E-state index in [0.717, 1.165) is 43.2 Å². The maximum absolute atomic E-state index is 13.8. The van der Waals surface area contributed by atoms with Gasteiger partial charge in [-0.05, 0) is 86.7 Å². The van der Waals surface area contributed by atoms with Crippen LogP contribution in [0.1, 0.15) is 58.8 Å². The van der Waals surface area contributed by atoms with Crippen LogP contribution < -0.4 is 15.5 Å². The third kappa shape index (κ3) is 5.33. The van der Waals surface area contributed by atoms with Crippen molar-refractivity contribution < 1.29 is 24.3 Å². The summed E-state index contributed by atoms with van der Waals surface area (Å²) in [7, 11) is 0. The lowest BCUT2D eigenvalue weighted by molar-refractivity contribution is -0.146. The van der Waals surface area contributed by atoms with Crippen LogP contribution in [-0.4, -0.2) is 83.1 Å². The third-order valence-corrected chi connectivity index (χ3v) is 10.6. The van der Waals surface area contributed by atoms with Crippen molar-refractivity contribution in [1.82, 2.24) is 20.4 Å². The number of hydrogen-bond donors (Lipinski definition) is 3. The first kappa shape index (κ1) is 28.8. The van der Waals surface area contributed by atoms with Gasteiger partial charge in [0, 0.05) is 31.2 Å². The zero-order valence-corrected chi connectivity index (χ0v) is 24.8. The maximum Gasteiger partial charge on any atom is 0.328 e. The monoisotopic (exact) mass is 579 g/mol. The molecule has 7 rings (SSSR count). The molecule has 1 unspecified atom stereocenters. The van der Waals surface area contributed by atoms with Crippen LogP contribution in [0, 0.1) is 35.5 Å². The Hall–Kier alpha value is -3.30. The van der Waals surface area contributed by atoms with Crippen LogP contribution in [-0.2, 0) is 14.4 Å². The Labute approximate surface area is 248 Å². The lowest BCUT2D eigenvalue weighted by Gasteiger charge is -2.53. The van der Waals surface area contributed by atoms with Crippen LogP contribution in [0.15, 0.2) is 30.3 Å². The first-order valence-electron chi connectivity index (χ1n) is 15.8. The summed E-state index contributed by atoms with van der Waals surface area (Å²) >= 11 is 0. The molecule has 1 aromatic carbocycles. The van der Waals surface area contributed by atoms with Crippen molar-refractivity contribution in [1.29, 1.82) is 0 Å². The number of anilines is 1. The van der Waals surface area contributed by atoms with Crippen LogP contribution in [0.5, 0.6) is 0 Å². The Bertz CT molecular complexity index is 1170. The van der Waals surface area contributed by atoms with Crippen molar-refractivity contribution in [2.75, 3.05) is 37.7 Å². The number of hydrogen-bond acceptors (Lipinski definition) is 5. The van der Waals surface area contributed by atoms with Gasteiger partial charge >= 0.3 is 12.0 Å². The second-order valence-electron chi connectivity index (χ2n) is 13.9. The van der Waals surface area contributed by atoms with Gasteiger partial charge in [0.25, 0.3) is 0 Å². The highest BCUT2D eigenvalue weighted by atomic mass is 16.4. The largest absolute Gasteiger partial charge is 0.480 e. The number of carbonyl (C=O) groups excluding carboxylic acids is 3. The Kier molecular flexibility index (Phi) is 7.83. The van der Waals surface area contributed by atoms with Crippen LogP contribution in [0.25, 0.3) is 0 Å². The minimum absolute atomic E-state index is 0.110. The molecule has 4 bridgehead atoms. The molecule has 0 aromatic heterocycles. The number of carboxylic acid groups (broad SMARTS) is 1. The minimum atomic E-state index is -1.18. The predicted molar refractivity (Wildman–Crippen MR) is 157 cm³/mol. The predicted octanol–water partition coefficient (Wildman–Crippen LogP) is 3.13. The zero-order valence-electron chi connectivity index (χ0n) is 24.8. The van der Waals surface area contributed by atoms with E-state index in [1.54, 1.807) is 4.90 Å². The molecule has 42 heavy (non-hydrogen) atoms. The Balaban J connectivity index is 1.06. The smallest absolute Gasteiger partial charge is 0.328 e. The summed E-state index contributed by atoms with van der Waals surface area (Å²) in [6.45, 7) is 6.01. The molecular formula is C32H45N5O5. The van der Waals surface area contributed by atoms with Gasteiger partial charge in [-0.15, -0.1) is 0 Å². The number of nitrogens with zero attached hydrogens (tertiary/aromatic N) is 3. The number of carbonyl (C=O) groups is 4. The highest BCUT2D eigenvalue weighted by molar-refractivity contribution is 5.94. The molecule has 4 aliphatic carbocycles. The van der Waals surface area contributed by atoms with E-state index in [2.05, 4.69) is 29.4 Å². The molecule has 4 amide bonds. The molecule has 6 fully saturated rings. The van der Waals surface area contributed by atoms with Crippen LogP contribution in [0.4, 0.5) is 10.5 Å². The number of para-hydroxylation sites is 1. The lowest BCUT2D eigenvalue weighted by atomic mass is 9.51. The molecule has 2 heterocycles. The lowest BCUT2D eigenvalue weighted by Crippen LogP contribution is -2.59. The van der Waals surface area contributed by atoms with Crippen LogP contribution in [0.3, 0.4) is 0 Å². The van der Waals surface area contributed by atoms with Crippen molar-refractivity contribution in [2.45, 2.75) is 70.4 Å². The molecule has 0 radical (unpaired) electrons. The fourth-order valence-corrected chi connectivity index (χ4v) is 8.98. The van der Waals surface area contributed by atoms with E-state index in [0.29, 0.717) is 56.9 Å². The quantitative estimate of drug-likeness (QED) is 0.435. The van der Waals surface area contributed by atoms with Crippen LogP contribution in [0.2, 0.25) is 0 Å². The number of likely N-dealkylation sites (tertiary alicyclic amines) is 1. The summed E-state index contributed by atoms with van der Waals surface area (Å²) in [6, 6.07) is 8.42. The van der Waals surface area contributed by atoms with Gasteiger partial charge in [0.1, 0.15) is 11.6 Å². The van der Waals surface area contributed by atoms with E-state index in [9.17, 15) is 24.3 Å². The number of nitrogens with one attached hydrogen (secondary N) is 2. The summed E-state index contributed by atoms with van der Waals surface area (Å²) < 4.78 is 0. The average Bonchev–Trinajstić information content (AvgIpc) is 3.21. The van der Waals surface area contributed by atoms with E-state index in [4.69, 9.17) is 0 Å². The summed E-state index contributed by atoms with van der Waals surface area (Å²) in [5.41, 5.74) is 0.290. The number of carboxylic acids is 1. The van der Waals surface area contributed by atoms with E-state index >= 15 is 0 Å². The Morgan fingerprint density at radius 3 is 2.17 bits per heavy atom. The molecule has 10 nitrogen and oxygen atoms in total.